The zero-order valence-electron chi connectivity index (χ0n) is 27.0. The van der Waals surface area contributed by atoms with E-state index in [1.54, 1.807) is 0 Å². The summed E-state index contributed by atoms with van der Waals surface area (Å²) in [5.41, 5.74) is 0. The normalized spacial score (nSPS) is 15.4. The van der Waals surface area contributed by atoms with Gasteiger partial charge in [-0.2, -0.15) is 0 Å². The highest BCUT2D eigenvalue weighted by Gasteiger charge is 2.40. The lowest BCUT2D eigenvalue weighted by Gasteiger charge is -2.43. The van der Waals surface area contributed by atoms with Crippen molar-refractivity contribution in [1.82, 2.24) is 0 Å². The van der Waals surface area contributed by atoms with Gasteiger partial charge in [0.25, 0.3) is 0 Å². The number of aliphatic carboxylic acids is 3. The summed E-state index contributed by atoms with van der Waals surface area (Å²) in [4.78, 5) is 35.9. The largest absolute Gasteiger partial charge is 0.481 e. The third-order valence-electron chi connectivity index (χ3n) is 8.74. The Hall–Kier alpha value is -1.89. The second-order valence-electron chi connectivity index (χ2n) is 12.2. The Morgan fingerprint density at radius 1 is 0.512 bits per heavy atom. The average Bonchev–Trinajstić information content (AvgIpc) is 2.94. The molecule has 7 heteroatoms. The molecular weight excluding hydrogens is 518 g/mol. The van der Waals surface area contributed by atoms with Crippen molar-refractivity contribution in [1.29, 1.82) is 0 Å². The fourth-order valence-corrected chi connectivity index (χ4v) is 5.92. The summed E-state index contributed by atoms with van der Waals surface area (Å²) in [6.45, 7) is 9.23. The molecule has 0 heterocycles. The predicted octanol–water partition coefficient (Wildman–Crippen LogP) is 8.56. The minimum atomic E-state index is -0.891. The van der Waals surface area contributed by atoms with Crippen molar-refractivity contribution in [3.63, 3.8) is 0 Å². The molecule has 0 aliphatic rings. The minimum absolute atomic E-state index is 0.254. The Bertz CT molecular complexity index is 662. The van der Waals surface area contributed by atoms with E-state index in [1.165, 1.54) is 64.2 Å². The highest BCUT2D eigenvalue weighted by atomic mass is 16.4. The first-order valence-electron chi connectivity index (χ1n) is 16.8. The SMILES string of the molecule is CCCCCCCCC/C=C/CCCCCCCC[N+](CC(CC)C(=O)O)(CC(CC)C(=O)O)CC(CC)C(=O)O. The summed E-state index contributed by atoms with van der Waals surface area (Å²) in [7, 11) is 0. The van der Waals surface area contributed by atoms with Crippen LogP contribution in [0, 0.1) is 17.8 Å². The Morgan fingerprint density at radius 3 is 1.15 bits per heavy atom. The molecule has 0 aromatic rings. The monoisotopic (exact) mass is 582 g/mol. The molecule has 0 aliphatic carbocycles. The second-order valence-corrected chi connectivity index (χ2v) is 12.2. The highest BCUT2D eigenvalue weighted by Crippen LogP contribution is 2.25. The van der Waals surface area contributed by atoms with Crippen molar-refractivity contribution in [2.24, 2.45) is 17.8 Å². The van der Waals surface area contributed by atoms with Gasteiger partial charge in [-0.25, -0.2) is 0 Å². The number of carbonyl (C=O) groups is 3. The number of allylic oxidation sites excluding steroid dienone is 2. The summed E-state index contributed by atoms with van der Waals surface area (Å²) in [5.74, 6) is -4.53. The lowest BCUT2D eigenvalue weighted by atomic mass is 9.95. The smallest absolute Gasteiger partial charge is 0.312 e. The van der Waals surface area contributed by atoms with E-state index in [1.807, 2.05) is 20.8 Å². The van der Waals surface area contributed by atoms with Crippen molar-refractivity contribution in [3.8, 4) is 0 Å². The number of nitrogens with zero attached hydrogens (tertiary/aromatic N) is 1. The molecule has 0 saturated carbocycles. The van der Waals surface area contributed by atoms with E-state index < -0.39 is 35.7 Å². The summed E-state index contributed by atoms with van der Waals surface area (Å²) in [5, 5.41) is 29.4. The summed E-state index contributed by atoms with van der Waals surface area (Å²) < 4.78 is 0.254. The van der Waals surface area contributed by atoms with Gasteiger partial charge >= 0.3 is 17.9 Å². The van der Waals surface area contributed by atoms with Gasteiger partial charge in [0.05, 0.1) is 26.2 Å². The fraction of sp³-hybridized carbons (Fsp3) is 0.853. The Kier molecular flexibility index (Phi) is 23.5. The quantitative estimate of drug-likeness (QED) is 0.0463. The first-order chi connectivity index (χ1) is 19.7. The Labute approximate surface area is 251 Å². The maximum Gasteiger partial charge on any atom is 0.312 e. The van der Waals surface area contributed by atoms with E-state index in [9.17, 15) is 29.7 Å². The van der Waals surface area contributed by atoms with Crippen LogP contribution in [0.1, 0.15) is 143 Å². The number of carboxylic acid groups (broad SMARTS) is 3. The highest BCUT2D eigenvalue weighted by molar-refractivity contribution is 5.71. The average molecular weight is 583 g/mol. The van der Waals surface area contributed by atoms with Gasteiger partial charge in [0.1, 0.15) is 17.8 Å². The van der Waals surface area contributed by atoms with Crippen LogP contribution in [0.2, 0.25) is 0 Å². The summed E-state index contributed by atoms with van der Waals surface area (Å²) in [6.07, 6.45) is 24.2. The molecule has 0 bridgehead atoms. The van der Waals surface area contributed by atoms with Crippen molar-refractivity contribution in [2.75, 3.05) is 26.2 Å². The van der Waals surface area contributed by atoms with Crippen LogP contribution in [0.15, 0.2) is 12.2 Å². The van der Waals surface area contributed by atoms with Crippen LogP contribution in [0.3, 0.4) is 0 Å². The Balaban J connectivity index is 4.82. The molecule has 240 valence electrons. The maximum atomic E-state index is 12.0. The number of carboxylic acids is 3. The molecule has 0 rings (SSSR count). The Morgan fingerprint density at radius 2 is 0.829 bits per heavy atom. The predicted molar refractivity (Wildman–Crippen MR) is 168 cm³/mol. The van der Waals surface area contributed by atoms with Crippen LogP contribution in [0.5, 0.6) is 0 Å². The first-order valence-corrected chi connectivity index (χ1v) is 16.8. The molecule has 0 aromatic heterocycles. The zero-order chi connectivity index (χ0) is 30.9. The third kappa shape index (κ3) is 19.0. The summed E-state index contributed by atoms with van der Waals surface area (Å²) in [6, 6.07) is 0. The number of unbranched alkanes of at least 4 members (excludes halogenated alkanes) is 13. The van der Waals surface area contributed by atoms with Gasteiger partial charge in [-0.15, -0.1) is 0 Å². The van der Waals surface area contributed by atoms with Crippen molar-refractivity contribution in [3.05, 3.63) is 12.2 Å². The molecule has 0 amide bonds. The molecule has 0 radical (unpaired) electrons. The van der Waals surface area contributed by atoms with E-state index in [0.29, 0.717) is 25.8 Å². The summed E-state index contributed by atoms with van der Waals surface area (Å²) >= 11 is 0. The van der Waals surface area contributed by atoms with E-state index in [-0.39, 0.29) is 24.1 Å². The molecule has 3 unspecified atom stereocenters. The molecule has 0 fully saturated rings. The number of hydrogen-bond donors (Lipinski definition) is 3. The first kappa shape index (κ1) is 39.1. The van der Waals surface area contributed by atoms with E-state index in [2.05, 4.69) is 19.1 Å². The van der Waals surface area contributed by atoms with Crippen molar-refractivity contribution in [2.45, 2.75) is 143 Å². The van der Waals surface area contributed by atoms with Gasteiger partial charge in [-0.1, -0.05) is 97.6 Å². The van der Waals surface area contributed by atoms with Crippen LogP contribution in [-0.4, -0.2) is 63.9 Å². The van der Waals surface area contributed by atoms with Gasteiger partial charge in [0.2, 0.25) is 0 Å². The number of rotatable bonds is 29. The molecular formula is C34H64NO6+. The van der Waals surface area contributed by atoms with Gasteiger partial charge < -0.3 is 19.8 Å². The van der Waals surface area contributed by atoms with Crippen LogP contribution < -0.4 is 0 Å². The van der Waals surface area contributed by atoms with E-state index in [4.69, 9.17) is 0 Å². The fourth-order valence-electron chi connectivity index (χ4n) is 5.92. The lowest BCUT2D eigenvalue weighted by Crippen LogP contribution is -2.58. The molecule has 3 atom stereocenters. The number of quaternary nitrogens is 1. The van der Waals surface area contributed by atoms with Crippen LogP contribution in [0.25, 0.3) is 0 Å². The maximum absolute atomic E-state index is 12.0. The second kappa shape index (κ2) is 24.7. The van der Waals surface area contributed by atoms with Gasteiger partial charge in [0.15, 0.2) is 0 Å². The van der Waals surface area contributed by atoms with Crippen LogP contribution in [0.4, 0.5) is 0 Å². The molecule has 0 aliphatic heterocycles. The van der Waals surface area contributed by atoms with Crippen LogP contribution >= 0.6 is 0 Å². The van der Waals surface area contributed by atoms with E-state index in [0.717, 1.165) is 32.1 Å². The molecule has 0 spiro atoms. The minimum Gasteiger partial charge on any atom is -0.481 e. The molecule has 0 aromatic carbocycles. The zero-order valence-corrected chi connectivity index (χ0v) is 27.0. The van der Waals surface area contributed by atoms with Crippen molar-refractivity contribution < 1.29 is 34.2 Å². The van der Waals surface area contributed by atoms with Crippen molar-refractivity contribution >= 4 is 17.9 Å². The van der Waals surface area contributed by atoms with Gasteiger partial charge in [-0.05, 0) is 57.8 Å². The van der Waals surface area contributed by atoms with Gasteiger partial charge in [-0.3, -0.25) is 14.4 Å². The van der Waals surface area contributed by atoms with Gasteiger partial charge in [0, 0.05) is 0 Å². The molecule has 41 heavy (non-hydrogen) atoms. The lowest BCUT2D eigenvalue weighted by molar-refractivity contribution is -0.935. The number of hydrogen-bond acceptors (Lipinski definition) is 3. The topological polar surface area (TPSA) is 112 Å². The molecule has 3 N–H and O–H groups in total. The molecule has 7 nitrogen and oxygen atoms in total. The van der Waals surface area contributed by atoms with E-state index >= 15 is 0 Å². The standard InChI is InChI=1S/C34H63NO6/c1-5-9-10-11-12-13-14-15-16-17-18-19-20-21-22-23-24-25-35(26-29(6-2)32(36)37,27-30(7-3)33(38)39)28-31(8-4)34(40)41/h16-17,29-31H,5-15,18-28H2,1-4H3,(H2-,36,37,38,39,40,41)/p+1/b17-16+. The van der Waals surface area contributed by atoms with Crippen LogP contribution in [-0.2, 0) is 14.4 Å². The molecule has 0 saturated heterocycles. The third-order valence-corrected chi connectivity index (χ3v) is 8.74.